The van der Waals surface area contributed by atoms with E-state index in [-0.39, 0.29) is 11.6 Å². The van der Waals surface area contributed by atoms with Crippen LogP contribution in [0.25, 0.3) is 0 Å². The van der Waals surface area contributed by atoms with Gasteiger partial charge in [-0.3, -0.25) is 0 Å². The first-order valence-electron chi connectivity index (χ1n) is 7.73. The van der Waals surface area contributed by atoms with E-state index in [9.17, 15) is 0 Å². The quantitative estimate of drug-likeness (QED) is 0.832. The summed E-state index contributed by atoms with van der Waals surface area (Å²) in [5.41, 5.74) is -0.207. The van der Waals surface area contributed by atoms with E-state index in [0.717, 1.165) is 45.0 Å². The molecule has 20 heavy (non-hydrogen) atoms. The Bertz CT molecular complexity index is 394. The summed E-state index contributed by atoms with van der Waals surface area (Å²) in [5.74, 6) is 1.07. The first-order valence-corrected chi connectivity index (χ1v) is 7.73. The van der Waals surface area contributed by atoms with Gasteiger partial charge in [0.1, 0.15) is 5.82 Å². The molecule has 0 saturated carbocycles. The number of nitrogens with zero attached hydrogens (tertiary/aromatic N) is 2. The number of ether oxygens (including phenoxy) is 2. The van der Waals surface area contributed by atoms with Crippen LogP contribution in [0.5, 0.6) is 0 Å². The van der Waals surface area contributed by atoms with E-state index in [1.54, 1.807) is 0 Å². The molecule has 0 amide bonds. The second-order valence-corrected chi connectivity index (χ2v) is 5.17. The Kier molecular flexibility index (Phi) is 5.57. The van der Waals surface area contributed by atoms with Crippen molar-refractivity contribution in [1.29, 1.82) is 0 Å². The Morgan fingerprint density at radius 2 is 2.15 bits per heavy atom. The van der Waals surface area contributed by atoms with Crippen LogP contribution in [0, 0.1) is 0 Å². The highest BCUT2D eigenvalue weighted by Gasteiger charge is 2.43. The first-order chi connectivity index (χ1) is 9.77. The van der Waals surface area contributed by atoms with E-state index >= 15 is 0 Å². The molecule has 0 aliphatic carbocycles. The average molecular weight is 281 g/mol. The second-order valence-electron chi connectivity index (χ2n) is 5.17. The summed E-state index contributed by atoms with van der Waals surface area (Å²) >= 11 is 0. The van der Waals surface area contributed by atoms with Gasteiger partial charge in [0, 0.05) is 51.6 Å². The maximum absolute atomic E-state index is 6.21. The molecule has 0 radical (unpaired) electrons. The smallest absolute Gasteiger partial charge is 0.128 e. The van der Waals surface area contributed by atoms with Gasteiger partial charge in [0.25, 0.3) is 0 Å². The van der Waals surface area contributed by atoms with Gasteiger partial charge in [-0.05, 0) is 20.4 Å². The molecule has 1 atom stereocenters. The zero-order valence-corrected chi connectivity index (χ0v) is 12.9. The molecule has 0 aromatic carbocycles. The highest BCUT2D eigenvalue weighted by molar-refractivity contribution is 5.09. The number of nitrogens with one attached hydrogen (secondary N) is 1. The molecule has 0 spiro atoms. The molecule has 1 fully saturated rings. The number of hydrogen-bond donors (Lipinski definition) is 1. The van der Waals surface area contributed by atoms with Crippen molar-refractivity contribution < 1.29 is 9.47 Å². The largest absolute Gasteiger partial charge is 0.381 e. The number of aryl methyl sites for hydroxylation is 1. The third kappa shape index (κ3) is 3.05. The van der Waals surface area contributed by atoms with Gasteiger partial charge in [-0.1, -0.05) is 6.92 Å². The molecule has 1 unspecified atom stereocenters. The number of rotatable bonds is 7. The van der Waals surface area contributed by atoms with Crippen LogP contribution in [-0.2, 0) is 16.0 Å². The van der Waals surface area contributed by atoms with Crippen LogP contribution in [0.2, 0.25) is 0 Å². The summed E-state index contributed by atoms with van der Waals surface area (Å²) < 4.78 is 13.9. The van der Waals surface area contributed by atoms with E-state index in [1.807, 2.05) is 12.4 Å². The van der Waals surface area contributed by atoms with Crippen molar-refractivity contribution in [2.24, 2.45) is 0 Å². The fourth-order valence-corrected chi connectivity index (χ4v) is 3.09. The lowest BCUT2D eigenvalue weighted by Crippen LogP contribution is -2.50. The first kappa shape index (κ1) is 15.5. The predicted octanol–water partition coefficient (Wildman–Crippen LogP) is 2.14. The number of aromatic nitrogens is 2. The van der Waals surface area contributed by atoms with Crippen LogP contribution in [-0.4, -0.2) is 41.5 Å². The topological polar surface area (TPSA) is 48.3 Å². The van der Waals surface area contributed by atoms with Gasteiger partial charge in [0.2, 0.25) is 0 Å². The standard InChI is InChI=1S/C15H27N3O2/c1-4-16-13(14-17-9-10-18(14)5-2)15(20-6-3)7-11-19-12-8-15/h9-10,13,16H,4-8,11-12H2,1-3H3. The Hall–Kier alpha value is -0.910. The second kappa shape index (κ2) is 7.20. The molecule has 0 bridgehead atoms. The van der Waals surface area contributed by atoms with Gasteiger partial charge in [-0.15, -0.1) is 0 Å². The third-order valence-electron chi connectivity index (χ3n) is 4.05. The lowest BCUT2D eigenvalue weighted by atomic mass is 9.85. The predicted molar refractivity (Wildman–Crippen MR) is 78.7 cm³/mol. The Morgan fingerprint density at radius 1 is 1.40 bits per heavy atom. The van der Waals surface area contributed by atoms with Crippen LogP contribution in [0.1, 0.15) is 45.5 Å². The van der Waals surface area contributed by atoms with E-state index in [4.69, 9.17) is 9.47 Å². The SMILES string of the molecule is CCNC(c1nccn1CC)C1(OCC)CCOCC1. The minimum Gasteiger partial charge on any atom is -0.381 e. The molecular weight excluding hydrogens is 254 g/mol. The van der Waals surface area contributed by atoms with Crippen molar-refractivity contribution in [3.05, 3.63) is 18.2 Å². The summed E-state index contributed by atoms with van der Waals surface area (Å²) in [4.78, 5) is 4.59. The normalized spacial score (nSPS) is 19.9. The number of likely N-dealkylation sites (N-methyl/N-ethyl adjacent to an activating group) is 1. The minimum atomic E-state index is -0.207. The zero-order chi connectivity index (χ0) is 14.4. The van der Waals surface area contributed by atoms with Crippen molar-refractivity contribution in [3.63, 3.8) is 0 Å². The molecule has 1 aromatic rings. The van der Waals surface area contributed by atoms with Crippen LogP contribution in [0.3, 0.4) is 0 Å². The Labute approximate surface area is 121 Å². The van der Waals surface area contributed by atoms with Gasteiger partial charge in [0.05, 0.1) is 11.6 Å². The number of imidazole rings is 1. The van der Waals surface area contributed by atoms with Crippen molar-refractivity contribution in [3.8, 4) is 0 Å². The average Bonchev–Trinajstić information content (AvgIpc) is 2.94. The van der Waals surface area contributed by atoms with Gasteiger partial charge < -0.3 is 19.4 Å². The maximum atomic E-state index is 6.21. The van der Waals surface area contributed by atoms with Crippen molar-refractivity contribution in [2.75, 3.05) is 26.4 Å². The summed E-state index contributed by atoms with van der Waals surface area (Å²) in [7, 11) is 0. The molecule has 1 aliphatic heterocycles. The molecule has 2 heterocycles. The van der Waals surface area contributed by atoms with E-state index in [1.165, 1.54) is 0 Å². The van der Waals surface area contributed by atoms with Crippen LogP contribution < -0.4 is 5.32 Å². The molecule has 5 heteroatoms. The molecular formula is C15H27N3O2. The van der Waals surface area contributed by atoms with Gasteiger partial charge in [-0.25, -0.2) is 4.98 Å². The molecule has 1 aliphatic rings. The van der Waals surface area contributed by atoms with Crippen molar-refractivity contribution in [2.45, 2.75) is 51.8 Å². The maximum Gasteiger partial charge on any atom is 0.128 e. The van der Waals surface area contributed by atoms with E-state index < -0.39 is 0 Å². The molecule has 114 valence electrons. The highest BCUT2D eigenvalue weighted by Crippen LogP contribution is 2.37. The molecule has 1 N–H and O–H groups in total. The highest BCUT2D eigenvalue weighted by atomic mass is 16.5. The van der Waals surface area contributed by atoms with Crippen LogP contribution in [0.15, 0.2) is 12.4 Å². The Balaban J connectivity index is 2.33. The molecule has 5 nitrogen and oxygen atoms in total. The van der Waals surface area contributed by atoms with Crippen LogP contribution in [0.4, 0.5) is 0 Å². The summed E-state index contributed by atoms with van der Waals surface area (Å²) in [5, 5.41) is 3.59. The van der Waals surface area contributed by atoms with Crippen molar-refractivity contribution in [1.82, 2.24) is 14.9 Å². The fraction of sp³-hybridized carbons (Fsp3) is 0.800. The molecule has 2 rings (SSSR count). The third-order valence-corrected chi connectivity index (χ3v) is 4.05. The lowest BCUT2D eigenvalue weighted by Gasteiger charge is -2.43. The van der Waals surface area contributed by atoms with E-state index in [0.29, 0.717) is 6.61 Å². The van der Waals surface area contributed by atoms with Crippen LogP contribution >= 0.6 is 0 Å². The van der Waals surface area contributed by atoms with Crippen molar-refractivity contribution >= 4 is 0 Å². The van der Waals surface area contributed by atoms with Gasteiger partial charge >= 0.3 is 0 Å². The van der Waals surface area contributed by atoms with E-state index in [2.05, 4.69) is 35.6 Å². The number of hydrogen-bond acceptors (Lipinski definition) is 4. The van der Waals surface area contributed by atoms with Gasteiger partial charge in [-0.2, -0.15) is 0 Å². The summed E-state index contributed by atoms with van der Waals surface area (Å²) in [6, 6.07) is 0.117. The molecule has 1 aromatic heterocycles. The van der Waals surface area contributed by atoms with Gasteiger partial charge in [0.15, 0.2) is 0 Å². The fourth-order valence-electron chi connectivity index (χ4n) is 3.09. The lowest BCUT2D eigenvalue weighted by molar-refractivity contribution is -0.129. The zero-order valence-electron chi connectivity index (χ0n) is 12.9. The minimum absolute atomic E-state index is 0.117. The summed E-state index contributed by atoms with van der Waals surface area (Å²) in [6.07, 6.45) is 5.74. The summed E-state index contributed by atoms with van der Waals surface area (Å²) in [6.45, 7) is 10.4. The Morgan fingerprint density at radius 3 is 2.75 bits per heavy atom. The molecule has 1 saturated heterocycles. The monoisotopic (exact) mass is 281 g/mol.